The molecule has 0 saturated carbocycles. The minimum Gasteiger partial charge on any atom is -0.476 e. The highest BCUT2D eigenvalue weighted by Gasteiger charge is 2.20. The maximum atomic E-state index is 11.8. The van der Waals surface area contributed by atoms with Crippen LogP contribution in [0.25, 0.3) is 0 Å². The van der Waals surface area contributed by atoms with E-state index < -0.39 is 5.97 Å². The van der Waals surface area contributed by atoms with Crippen molar-refractivity contribution < 1.29 is 19.4 Å². The summed E-state index contributed by atoms with van der Waals surface area (Å²) in [5.41, 5.74) is 0.351. The summed E-state index contributed by atoms with van der Waals surface area (Å²) in [6.45, 7) is 2.98. The van der Waals surface area contributed by atoms with E-state index in [2.05, 4.69) is 15.6 Å². The highest BCUT2D eigenvalue weighted by atomic mass is 16.5. The molecule has 0 aromatic carbocycles. The molecule has 8 nitrogen and oxygen atoms in total. The van der Waals surface area contributed by atoms with E-state index in [0.717, 1.165) is 19.4 Å². The Hall–Kier alpha value is -1.96. The Kier molecular flexibility index (Phi) is 4.67. The van der Waals surface area contributed by atoms with E-state index in [1.807, 2.05) is 0 Å². The fourth-order valence-corrected chi connectivity index (χ4v) is 2.20. The lowest BCUT2D eigenvalue weighted by Crippen LogP contribution is -2.34. The van der Waals surface area contributed by atoms with Gasteiger partial charge in [-0.25, -0.2) is 9.48 Å². The van der Waals surface area contributed by atoms with Crippen LogP contribution in [-0.4, -0.2) is 51.2 Å². The van der Waals surface area contributed by atoms with Gasteiger partial charge in [0, 0.05) is 13.2 Å². The minimum atomic E-state index is -1.13. The second kappa shape index (κ2) is 6.47. The predicted octanol–water partition coefficient (Wildman–Crippen LogP) is -0.166. The number of carboxylic acid groups (broad SMARTS) is 1. The third-order valence-corrected chi connectivity index (χ3v) is 3.22. The summed E-state index contributed by atoms with van der Waals surface area (Å²) in [6, 6.07) is 0. The molecule has 0 aliphatic carbocycles. The van der Waals surface area contributed by atoms with Gasteiger partial charge in [0.05, 0.1) is 11.8 Å². The zero-order chi connectivity index (χ0) is 14.5. The molecule has 20 heavy (non-hydrogen) atoms. The van der Waals surface area contributed by atoms with Crippen LogP contribution in [0.4, 0.5) is 0 Å². The first-order valence-corrected chi connectivity index (χ1v) is 6.65. The molecule has 2 rings (SSSR count). The Labute approximate surface area is 116 Å². The topological polar surface area (TPSA) is 106 Å². The average Bonchev–Trinajstić information content (AvgIpc) is 3.05. The Morgan fingerprint density at radius 3 is 2.95 bits per heavy atom. The molecule has 2 N–H and O–H groups in total. The fourth-order valence-electron chi connectivity index (χ4n) is 2.20. The van der Waals surface area contributed by atoms with Gasteiger partial charge in [0.2, 0.25) is 5.91 Å². The van der Waals surface area contributed by atoms with Crippen LogP contribution in [0.3, 0.4) is 0 Å². The Morgan fingerprint density at radius 2 is 2.35 bits per heavy atom. The lowest BCUT2D eigenvalue weighted by Gasteiger charge is -2.11. The number of hydrogen-bond donors (Lipinski definition) is 2. The van der Waals surface area contributed by atoms with Crippen molar-refractivity contribution in [3.8, 4) is 0 Å². The van der Waals surface area contributed by atoms with Crippen molar-refractivity contribution in [1.82, 2.24) is 20.3 Å². The van der Waals surface area contributed by atoms with Crippen molar-refractivity contribution in [2.24, 2.45) is 0 Å². The number of aromatic carboxylic acids is 1. The summed E-state index contributed by atoms with van der Waals surface area (Å²) in [7, 11) is 0. The van der Waals surface area contributed by atoms with Gasteiger partial charge in [0.25, 0.3) is 0 Å². The molecule has 1 aliphatic rings. The summed E-state index contributed by atoms with van der Waals surface area (Å²) in [6.07, 6.45) is 2.50. The van der Waals surface area contributed by atoms with E-state index in [1.54, 1.807) is 6.92 Å². The molecule has 2 heterocycles. The van der Waals surface area contributed by atoms with Crippen LogP contribution in [0.1, 0.15) is 35.9 Å². The minimum absolute atomic E-state index is 0.0316. The second-order valence-electron chi connectivity index (χ2n) is 4.64. The fraction of sp³-hybridized carbons (Fsp3) is 0.667. The monoisotopic (exact) mass is 282 g/mol. The molecule has 0 radical (unpaired) electrons. The van der Waals surface area contributed by atoms with Crippen molar-refractivity contribution in [2.45, 2.75) is 38.8 Å². The first-order chi connectivity index (χ1) is 9.61. The molecule has 1 unspecified atom stereocenters. The Bertz CT molecular complexity index is 494. The van der Waals surface area contributed by atoms with Gasteiger partial charge in [-0.2, -0.15) is 0 Å². The third-order valence-electron chi connectivity index (χ3n) is 3.22. The van der Waals surface area contributed by atoms with E-state index >= 15 is 0 Å². The van der Waals surface area contributed by atoms with Gasteiger partial charge in [-0.3, -0.25) is 4.79 Å². The standard InChI is InChI=1S/C12H18N4O4/c1-2-9-11(12(18)19)14-15-16(9)7-10(17)13-6-8-4-3-5-20-8/h8H,2-7H2,1H3,(H,13,17)(H,18,19). The molecule has 1 saturated heterocycles. The highest BCUT2D eigenvalue weighted by Crippen LogP contribution is 2.10. The summed E-state index contributed by atoms with van der Waals surface area (Å²) in [5.74, 6) is -1.36. The molecule has 1 amide bonds. The number of nitrogens with zero attached hydrogens (tertiary/aromatic N) is 3. The SMILES string of the molecule is CCc1c(C(=O)O)nnn1CC(=O)NCC1CCCO1. The van der Waals surface area contributed by atoms with Crippen molar-refractivity contribution in [1.29, 1.82) is 0 Å². The molecular formula is C12H18N4O4. The highest BCUT2D eigenvalue weighted by molar-refractivity contribution is 5.86. The van der Waals surface area contributed by atoms with Gasteiger partial charge >= 0.3 is 5.97 Å². The number of carbonyl (C=O) groups is 2. The number of aromatic nitrogens is 3. The summed E-state index contributed by atoms with van der Waals surface area (Å²) in [4.78, 5) is 22.8. The maximum Gasteiger partial charge on any atom is 0.358 e. The molecule has 1 fully saturated rings. The van der Waals surface area contributed by atoms with Crippen molar-refractivity contribution >= 4 is 11.9 Å². The molecule has 1 aromatic heterocycles. The Morgan fingerprint density at radius 1 is 1.55 bits per heavy atom. The summed E-state index contributed by atoms with van der Waals surface area (Å²) < 4.78 is 6.73. The summed E-state index contributed by atoms with van der Waals surface area (Å²) >= 11 is 0. The van der Waals surface area contributed by atoms with Crippen LogP contribution in [0, 0.1) is 0 Å². The van der Waals surface area contributed by atoms with Crippen molar-refractivity contribution in [3.63, 3.8) is 0 Å². The maximum absolute atomic E-state index is 11.8. The summed E-state index contributed by atoms with van der Waals surface area (Å²) in [5, 5.41) is 19.0. The quantitative estimate of drug-likeness (QED) is 0.750. The van der Waals surface area contributed by atoms with E-state index in [0.29, 0.717) is 18.7 Å². The molecule has 0 spiro atoms. The van der Waals surface area contributed by atoms with Crippen molar-refractivity contribution in [2.75, 3.05) is 13.2 Å². The van der Waals surface area contributed by atoms with Crippen LogP contribution >= 0.6 is 0 Å². The van der Waals surface area contributed by atoms with Crippen LogP contribution in [0.2, 0.25) is 0 Å². The van der Waals surface area contributed by atoms with Gasteiger partial charge in [0.15, 0.2) is 5.69 Å². The van der Waals surface area contributed by atoms with E-state index in [4.69, 9.17) is 9.84 Å². The number of ether oxygens (including phenoxy) is 1. The van der Waals surface area contributed by atoms with Gasteiger partial charge in [-0.1, -0.05) is 12.1 Å². The zero-order valence-electron chi connectivity index (χ0n) is 11.3. The number of amides is 1. The number of carbonyl (C=O) groups excluding carboxylic acids is 1. The second-order valence-corrected chi connectivity index (χ2v) is 4.64. The number of nitrogens with one attached hydrogen (secondary N) is 1. The first kappa shape index (κ1) is 14.4. The average molecular weight is 282 g/mol. The largest absolute Gasteiger partial charge is 0.476 e. The van der Waals surface area contributed by atoms with Crippen LogP contribution in [0.5, 0.6) is 0 Å². The van der Waals surface area contributed by atoms with Crippen LogP contribution < -0.4 is 5.32 Å². The third kappa shape index (κ3) is 3.32. The molecule has 8 heteroatoms. The van der Waals surface area contributed by atoms with Crippen LogP contribution in [0.15, 0.2) is 0 Å². The van der Waals surface area contributed by atoms with E-state index in [1.165, 1.54) is 4.68 Å². The lowest BCUT2D eigenvalue weighted by atomic mass is 10.2. The van der Waals surface area contributed by atoms with Crippen LogP contribution in [-0.2, 0) is 22.5 Å². The normalized spacial score (nSPS) is 18.1. The van der Waals surface area contributed by atoms with Gasteiger partial charge in [0.1, 0.15) is 6.54 Å². The molecule has 110 valence electrons. The molecule has 0 bridgehead atoms. The van der Waals surface area contributed by atoms with Gasteiger partial charge < -0.3 is 15.2 Å². The number of carboxylic acids is 1. The Balaban J connectivity index is 1.91. The van der Waals surface area contributed by atoms with E-state index in [-0.39, 0.29) is 24.2 Å². The predicted molar refractivity (Wildman–Crippen MR) is 68.3 cm³/mol. The molecule has 1 aliphatic heterocycles. The van der Waals surface area contributed by atoms with Crippen molar-refractivity contribution in [3.05, 3.63) is 11.4 Å². The number of rotatable bonds is 6. The zero-order valence-corrected chi connectivity index (χ0v) is 11.3. The number of hydrogen-bond acceptors (Lipinski definition) is 5. The first-order valence-electron chi connectivity index (χ1n) is 6.65. The molecule has 1 aromatic rings. The van der Waals surface area contributed by atoms with Gasteiger partial charge in [-0.05, 0) is 19.3 Å². The van der Waals surface area contributed by atoms with Gasteiger partial charge in [-0.15, -0.1) is 5.10 Å². The lowest BCUT2D eigenvalue weighted by molar-refractivity contribution is -0.122. The molecular weight excluding hydrogens is 264 g/mol. The smallest absolute Gasteiger partial charge is 0.358 e. The molecule has 1 atom stereocenters. The van der Waals surface area contributed by atoms with E-state index in [9.17, 15) is 9.59 Å².